The molecule has 0 radical (unpaired) electrons. The van der Waals surface area contributed by atoms with Crippen LogP contribution < -0.4 is 10.6 Å². The quantitative estimate of drug-likeness (QED) is 0.835. The zero-order chi connectivity index (χ0) is 12.3. The van der Waals surface area contributed by atoms with Crippen molar-refractivity contribution in [2.45, 2.75) is 6.04 Å². The molecule has 1 heterocycles. The van der Waals surface area contributed by atoms with E-state index in [0.717, 1.165) is 31.8 Å². The fraction of sp³-hybridized carbons (Fsp3) is 0.500. The van der Waals surface area contributed by atoms with Gasteiger partial charge in [-0.1, -0.05) is 0 Å². The molecule has 17 heavy (non-hydrogen) atoms. The van der Waals surface area contributed by atoms with Gasteiger partial charge in [0.2, 0.25) is 0 Å². The molecule has 0 spiro atoms. The van der Waals surface area contributed by atoms with Gasteiger partial charge < -0.3 is 10.6 Å². The Morgan fingerprint density at radius 2 is 2.29 bits per heavy atom. The molecule has 1 aliphatic heterocycles. The summed E-state index contributed by atoms with van der Waals surface area (Å²) in [6.07, 6.45) is 0. The average Bonchev–Trinajstić information content (AvgIpc) is 2.32. The Labute approximate surface area is 99.8 Å². The molecule has 1 aromatic carbocycles. The molecule has 0 bridgehead atoms. The number of hydrogen-bond donors (Lipinski definition) is 2. The number of anilines is 1. The first kappa shape index (κ1) is 12.3. The summed E-state index contributed by atoms with van der Waals surface area (Å²) in [5.41, 5.74) is 0.226. The van der Waals surface area contributed by atoms with E-state index in [1.807, 2.05) is 7.05 Å². The summed E-state index contributed by atoms with van der Waals surface area (Å²) in [4.78, 5) is 2.21. The van der Waals surface area contributed by atoms with Gasteiger partial charge in [-0.2, -0.15) is 0 Å². The highest BCUT2D eigenvalue weighted by Gasteiger charge is 2.18. The maximum atomic E-state index is 13.4. The van der Waals surface area contributed by atoms with Crippen LogP contribution in [0.5, 0.6) is 0 Å². The Kier molecular flexibility index (Phi) is 3.91. The number of likely N-dealkylation sites (N-methyl/N-ethyl adjacent to an activating group) is 1. The highest BCUT2D eigenvalue weighted by Crippen LogP contribution is 2.15. The fourth-order valence-corrected chi connectivity index (χ4v) is 1.95. The number of nitrogens with one attached hydrogen (secondary N) is 2. The maximum Gasteiger partial charge on any atom is 0.146 e. The molecule has 0 aliphatic carbocycles. The van der Waals surface area contributed by atoms with Crippen LogP contribution in [-0.2, 0) is 0 Å². The second-order valence-electron chi connectivity index (χ2n) is 4.34. The van der Waals surface area contributed by atoms with E-state index >= 15 is 0 Å². The van der Waals surface area contributed by atoms with Gasteiger partial charge in [0.25, 0.3) is 0 Å². The van der Waals surface area contributed by atoms with E-state index in [-0.39, 0.29) is 5.69 Å². The van der Waals surface area contributed by atoms with E-state index < -0.39 is 11.6 Å². The molecule has 2 rings (SSSR count). The Morgan fingerprint density at radius 3 is 3.06 bits per heavy atom. The van der Waals surface area contributed by atoms with E-state index in [2.05, 4.69) is 15.5 Å². The Morgan fingerprint density at radius 1 is 1.47 bits per heavy atom. The van der Waals surface area contributed by atoms with E-state index in [4.69, 9.17) is 0 Å². The molecular weight excluding hydrogens is 224 g/mol. The minimum Gasteiger partial charge on any atom is -0.381 e. The van der Waals surface area contributed by atoms with Crippen LogP contribution in [0, 0.1) is 11.6 Å². The van der Waals surface area contributed by atoms with Gasteiger partial charge in [0, 0.05) is 32.2 Å². The summed E-state index contributed by atoms with van der Waals surface area (Å²) in [5.74, 6) is -0.846. The van der Waals surface area contributed by atoms with Crippen molar-refractivity contribution >= 4 is 5.69 Å². The van der Waals surface area contributed by atoms with Crippen molar-refractivity contribution in [2.24, 2.45) is 0 Å². The van der Waals surface area contributed by atoms with Crippen LogP contribution in [0.2, 0.25) is 0 Å². The summed E-state index contributed by atoms with van der Waals surface area (Å²) < 4.78 is 26.3. The van der Waals surface area contributed by atoms with Gasteiger partial charge in [0.1, 0.15) is 11.6 Å². The number of nitrogens with zero attached hydrogens (tertiary/aromatic N) is 1. The highest BCUT2D eigenvalue weighted by atomic mass is 19.1. The molecule has 1 fully saturated rings. The maximum absolute atomic E-state index is 13.4. The van der Waals surface area contributed by atoms with Crippen molar-refractivity contribution in [3.63, 3.8) is 0 Å². The monoisotopic (exact) mass is 241 g/mol. The molecule has 1 aromatic rings. The van der Waals surface area contributed by atoms with Crippen LogP contribution in [0.4, 0.5) is 14.5 Å². The molecule has 1 saturated heterocycles. The van der Waals surface area contributed by atoms with Crippen LogP contribution in [0.15, 0.2) is 18.2 Å². The van der Waals surface area contributed by atoms with Gasteiger partial charge in [-0.3, -0.25) is 4.90 Å². The molecule has 94 valence electrons. The SMILES string of the molecule is CN1CCNCC1CNc1cc(F)ccc1F. The second kappa shape index (κ2) is 5.42. The summed E-state index contributed by atoms with van der Waals surface area (Å²) in [6.45, 7) is 3.41. The first-order valence-electron chi connectivity index (χ1n) is 5.76. The van der Waals surface area contributed by atoms with Crippen molar-refractivity contribution in [2.75, 3.05) is 38.5 Å². The summed E-state index contributed by atoms with van der Waals surface area (Å²) in [5, 5.41) is 6.24. The third-order valence-electron chi connectivity index (χ3n) is 3.10. The van der Waals surface area contributed by atoms with Crippen molar-refractivity contribution in [1.29, 1.82) is 0 Å². The highest BCUT2D eigenvalue weighted by molar-refractivity contribution is 5.45. The lowest BCUT2D eigenvalue weighted by Gasteiger charge is -2.33. The van der Waals surface area contributed by atoms with Gasteiger partial charge in [0.15, 0.2) is 0 Å². The van der Waals surface area contributed by atoms with Crippen LogP contribution in [0.1, 0.15) is 0 Å². The fourth-order valence-electron chi connectivity index (χ4n) is 1.95. The first-order valence-corrected chi connectivity index (χ1v) is 5.76. The lowest BCUT2D eigenvalue weighted by molar-refractivity contribution is 0.209. The Bertz CT molecular complexity index is 384. The van der Waals surface area contributed by atoms with E-state index in [1.54, 1.807) is 0 Å². The third kappa shape index (κ3) is 3.14. The standard InChI is InChI=1S/C12H17F2N3/c1-17-5-4-15-7-10(17)8-16-12-6-9(13)2-3-11(12)14/h2-3,6,10,15-16H,4-5,7-8H2,1H3. The smallest absolute Gasteiger partial charge is 0.146 e. The lowest BCUT2D eigenvalue weighted by Crippen LogP contribution is -2.52. The van der Waals surface area contributed by atoms with Crippen molar-refractivity contribution in [3.8, 4) is 0 Å². The number of hydrogen-bond acceptors (Lipinski definition) is 3. The topological polar surface area (TPSA) is 27.3 Å². The second-order valence-corrected chi connectivity index (χ2v) is 4.34. The molecule has 3 nitrogen and oxygen atoms in total. The van der Waals surface area contributed by atoms with Gasteiger partial charge >= 0.3 is 0 Å². The largest absolute Gasteiger partial charge is 0.381 e. The summed E-state index contributed by atoms with van der Waals surface area (Å²) in [7, 11) is 2.04. The van der Waals surface area contributed by atoms with Crippen molar-refractivity contribution < 1.29 is 8.78 Å². The van der Waals surface area contributed by atoms with Gasteiger partial charge in [-0.15, -0.1) is 0 Å². The predicted octanol–water partition coefficient (Wildman–Crippen LogP) is 1.28. The number of halogens is 2. The third-order valence-corrected chi connectivity index (χ3v) is 3.10. The van der Waals surface area contributed by atoms with Gasteiger partial charge in [-0.05, 0) is 25.2 Å². The van der Waals surface area contributed by atoms with Crippen LogP contribution in [0.3, 0.4) is 0 Å². The summed E-state index contributed by atoms with van der Waals surface area (Å²) >= 11 is 0. The molecule has 1 unspecified atom stereocenters. The van der Waals surface area contributed by atoms with Gasteiger partial charge in [0.05, 0.1) is 5.69 Å². The zero-order valence-corrected chi connectivity index (χ0v) is 9.84. The van der Waals surface area contributed by atoms with E-state index in [1.165, 1.54) is 6.07 Å². The molecule has 0 amide bonds. The molecule has 0 saturated carbocycles. The van der Waals surface area contributed by atoms with Crippen LogP contribution in [-0.4, -0.2) is 44.2 Å². The minimum atomic E-state index is -0.427. The number of benzene rings is 1. The van der Waals surface area contributed by atoms with Crippen molar-refractivity contribution in [3.05, 3.63) is 29.8 Å². The normalized spacial score (nSPS) is 21.5. The van der Waals surface area contributed by atoms with Crippen LogP contribution in [0.25, 0.3) is 0 Å². The molecule has 1 aliphatic rings. The number of piperazine rings is 1. The first-order chi connectivity index (χ1) is 8.16. The average molecular weight is 241 g/mol. The molecule has 5 heteroatoms. The van der Waals surface area contributed by atoms with Crippen molar-refractivity contribution in [1.82, 2.24) is 10.2 Å². The summed E-state index contributed by atoms with van der Waals surface area (Å²) in [6, 6.07) is 3.74. The molecule has 0 aromatic heterocycles. The minimum absolute atomic E-state index is 0.226. The molecular formula is C12H17F2N3. The van der Waals surface area contributed by atoms with Crippen LogP contribution >= 0.6 is 0 Å². The molecule has 2 N–H and O–H groups in total. The van der Waals surface area contributed by atoms with E-state index in [9.17, 15) is 8.78 Å². The molecule has 1 atom stereocenters. The van der Waals surface area contributed by atoms with Gasteiger partial charge in [-0.25, -0.2) is 8.78 Å². The Hall–Kier alpha value is -1.20. The Balaban J connectivity index is 1.94. The zero-order valence-electron chi connectivity index (χ0n) is 9.84. The predicted molar refractivity (Wildman–Crippen MR) is 64.1 cm³/mol. The number of rotatable bonds is 3. The van der Waals surface area contributed by atoms with E-state index in [0.29, 0.717) is 12.6 Å². The lowest BCUT2D eigenvalue weighted by atomic mass is 10.2.